The van der Waals surface area contributed by atoms with E-state index < -0.39 is 0 Å². The van der Waals surface area contributed by atoms with Crippen LogP contribution in [0, 0.1) is 0 Å². The van der Waals surface area contributed by atoms with Crippen molar-refractivity contribution >= 4 is 0 Å². The first kappa shape index (κ1) is 12.7. The van der Waals surface area contributed by atoms with Crippen LogP contribution in [0.15, 0.2) is 0 Å². The minimum atomic E-state index is -0.0590. The van der Waals surface area contributed by atoms with Gasteiger partial charge in [-0.15, -0.1) is 0 Å². The van der Waals surface area contributed by atoms with Gasteiger partial charge in [0.15, 0.2) is 0 Å². The molecule has 0 unspecified atom stereocenters. The zero-order chi connectivity index (χ0) is 9.78. The third kappa shape index (κ3) is 11.7. The summed E-state index contributed by atoms with van der Waals surface area (Å²) >= 11 is 0. The summed E-state index contributed by atoms with van der Waals surface area (Å²) in [6, 6.07) is 0. The summed E-state index contributed by atoms with van der Waals surface area (Å²) in [5.41, 5.74) is 0. The maximum Gasteiger partial charge on any atom is 0.111 e. The Kier molecular flexibility index (Phi) is 11.4. The van der Waals surface area contributed by atoms with Gasteiger partial charge in [0.1, 0.15) is 13.2 Å². The van der Waals surface area contributed by atoms with Crippen LogP contribution in [0.25, 0.3) is 0 Å². The Morgan fingerprint density at radius 3 is 1.46 bits per heavy atom. The normalized spacial score (nSPS) is 10.6. The number of hydrogen-bond donors (Lipinski definition) is 0. The van der Waals surface area contributed by atoms with Crippen molar-refractivity contribution in [3.63, 3.8) is 0 Å². The fraction of sp³-hybridized carbons (Fsp3) is 1.00. The highest BCUT2D eigenvalue weighted by Gasteiger charge is 1.91. The molecule has 0 spiro atoms. The minimum absolute atomic E-state index is 0.0590. The van der Waals surface area contributed by atoms with Crippen molar-refractivity contribution < 1.29 is 28.4 Å². The second-order valence-electron chi connectivity index (χ2n) is 2.20. The van der Waals surface area contributed by atoms with E-state index in [4.69, 9.17) is 9.47 Å². The van der Waals surface area contributed by atoms with Gasteiger partial charge in [0, 0.05) is 13.2 Å². The monoisotopic (exact) mass is 200 g/mol. The maximum absolute atomic E-state index is 11.1. The molecular formula is C7H14F2O4. The number of ether oxygens (including phenoxy) is 2. The lowest BCUT2D eigenvalue weighted by molar-refractivity contribution is -0.149. The van der Waals surface area contributed by atoms with E-state index in [-0.39, 0.29) is 26.4 Å². The van der Waals surface area contributed by atoms with Gasteiger partial charge in [-0.3, -0.25) is 0 Å². The van der Waals surface area contributed by atoms with E-state index in [1.54, 1.807) is 0 Å². The Balaban J connectivity index is 2.76. The smallest absolute Gasteiger partial charge is 0.111 e. The molecule has 0 bridgehead atoms. The van der Waals surface area contributed by atoms with Gasteiger partial charge in [0.2, 0.25) is 0 Å². The molecule has 0 N–H and O–H groups in total. The number of halogens is 2. The largest absolute Gasteiger partial charge is 0.379 e. The molecule has 0 saturated carbocycles. The van der Waals surface area contributed by atoms with Gasteiger partial charge >= 0.3 is 0 Å². The first-order valence-electron chi connectivity index (χ1n) is 4.04. The first-order chi connectivity index (χ1) is 6.41. The van der Waals surface area contributed by atoms with Crippen LogP contribution in [0.2, 0.25) is 0 Å². The lowest BCUT2D eigenvalue weighted by Crippen LogP contribution is -2.06. The van der Waals surface area contributed by atoms with Crippen molar-refractivity contribution in [2.75, 3.05) is 39.6 Å². The lowest BCUT2D eigenvalue weighted by Gasteiger charge is -2.03. The summed E-state index contributed by atoms with van der Waals surface area (Å²) in [4.78, 5) is 6.57. The van der Waals surface area contributed by atoms with Gasteiger partial charge in [-0.05, 0) is 15.5 Å². The standard InChI is InChI=1S/C7H14F2O4/c8-12-6-4-10-2-1-3-11-5-7-13-9/h1-7H2. The summed E-state index contributed by atoms with van der Waals surface area (Å²) in [6.45, 7) is 1.28. The van der Waals surface area contributed by atoms with Crippen LogP contribution in [0.1, 0.15) is 6.42 Å². The molecule has 0 aliphatic rings. The number of hydrogen-bond acceptors (Lipinski definition) is 4. The van der Waals surface area contributed by atoms with Crippen LogP contribution in [-0.2, 0) is 19.4 Å². The second kappa shape index (κ2) is 11.7. The molecule has 0 heterocycles. The summed E-state index contributed by atoms with van der Waals surface area (Å²) in [5, 5.41) is 0. The van der Waals surface area contributed by atoms with Crippen LogP contribution in [0.5, 0.6) is 0 Å². The molecule has 0 aromatic carbocycles. The predicted octanol–water partition coefficient (Wildman–Crippen LogP) is 1.21. The third-order valence-corrected chi connectivity index (χ3v) is 1.19. The molecule has 13 heavy (non-hydrogen) atoms. The molecule has 0 rings (SSSR count). The number of rotatable bonds is 10. The highest BCUT2D eigenvalue weighted by Crippen LogP contribution is 1.86. The topological polar surface area (TPSA) is 36.9 Å². The Bertz CT molecular complexity index is 84.6. The van der Waals surface area contributed by atoms with E-state index in [0.29, 0.717) is 19.6 Å². The molecule has 0 atom stereocenters. The lowest BCUT2D eigenvalue weighted by atomic mass is 10.5. The predicted molar refractivity (Wildman–Crippen MR) is 40.4 cm³/mol. The summed E-state index contributed by atoms with van der Waals surface area (Å²) < 4.78 is 32.0. The van der Waals surface area contributed by atoms with Crippen molar-refractivity contribution in [2.24, 2.45) is 0 Å². The summed E-state index contributed by atoms with van der Waals surface area (Å²) in [6.07, 6.45) is 0.679. The third-order valence-electron chi connectivity index (χ3n) is 1.19. The molecule has 0 radical (unpaired) electrons. The van der Waals surface area contributed by atoms with E-state index >= 15 is 0 Å². The van der Waals surface area contributed by atoms with Crippen molar-refractivity contribution in [1.29, 1.82) is 0 Å². The van der Waals surface area contributed by atoms with Crippen LogP contribution < -0.4 is 0 Å². The molecule has 4 nitrogen and oxygen atoms in total. The van der Waals surface area contributed by atoms with Gasteiger partial charge in [0.05, 0.1) is 13.2 Å². The van der Waals surface area contributed by atoms with Crippen LogP contribution >= 0.6 is 0 Å². The van der Waals surface area contributed by atoms with Gasteiger partial charge in [0.25, 0.3) is 0 Å². The highest BCUT2D eigenvalue weighted by atomic mass is 19.3. The van der Waals surface area contributed by atoms with E-state index in [0.717, 1.165) is 0 Å². The van der Waals surface area contributed by atoms with Crippen LogP contribution in [0.4, 0.5) is 9.05 Å². The van der Waals surface area contributed by atoms with Crippen molar-refractivity contribution in [3.05, 3.63) is 0 Å². The van der Waals surface area contributed by atoms with Crippen LogP contribution in [0.3, 0.4) is 0 Å². The molecule has 0 fully saturated rings. The van der Waals surface area contributed by atoms with E-state index in [1.807, 2.05) is 0 Å². The molecular weight excluding hydrogens is 186 g/mol. The molecule has 0 amide bonds. The van der Waals surface area contributed by atoms with Gasteiger partial charge < -0.3 is 9.47 Å². The van der Waals surface area contributed by atoms with E-state index in [2.05, 4.69) is 9.88 Å². The minimum Gasteiger partial charge on any atom is -0.379 e. The Labute approximate surface area is 75.5 Å². The molecule has 0 aliphatic carbocycles. The second-order valence-corrected chi connectivity index (χ2v) is 2.20. The Morgan fingerprint density at radius 1 is 0.615 bits per heavy atom. The fourth-order valence-electron chi connectivity index (χ4n) is 0.648. The van der Waals surface area contributed by atoms with Gasteiger partial charge in [-0.2, -0.15) is 9.88 Å². The summed E-state index contributed by atoms with van der Waals surface area (Å²) in [7, 11) is 0. The van der Waals surface area contributed by atoms with Crippen molar-refractivity contribution in [3.8, 4) is 0 Å². The first-order valence-corrected chi connectivity index (χ1v) is 4.04. The average molecular weight is 200 g/mol. The van der Waals surface area contributed by atoms with Crippen LogP contribution in [-0.4, -0.2) is 39.6 Å². The van der Waals surface area contributed by atoms with Gasteiger partial charge in [-0.1, -0.05) is 0 Å². The van der Waals surface area contributed by atoms with Gasteiger partial charge in [-0.25, -0.2) is 0 Å². The SMILES string of the molecule is FOCCOCCCOCCOF. The van der Waals surface area contributed by atoms with E-state index in [9.17, 15) is 9.05 Å². The molecule has 0 aliphatic heterocycles. The quantitative estimate of drug-likeness (QED) is 0.497. The fourth-order valence-corrected chi connectivity index (χ4v) is 0.648. The highest BCUT2D eigenvalue weighted by molar-refractivity contribution is 4.35. The molecule has 0 saturated heterocycles. The molecule has 0 aromatic rings. The molecule has 0 aromatic heterocycles. The van der Waals surface area contributed by atoms with Crippen molar-refractivity contribution in [2.45, 2.75) is 6.42 Å². The zero-order valence-electron chi connectivity index (χ0n) is 7.34. The van der Waals surface area contributed by atoms with Crippen molar-refractivity contribution in [1.82, 2.24) is 0 Å². The molecule has 80 valence electrons. The average Bonchev–Trinajstić information content (AvgIpc) is 2.16. The summed E-state index contributed by atoms with van der Waals surface area (Å²) in [5.74, 6) is 0. The Hall–Kier alpha value is -0.300. The maximum atomic E-state index is 11.1. The van der Waals surface area contributed by atoms with E-state index in [1.165, 1.54) is 0 Å². The molecule has 6 heteroatoms. The zero-order valence-corrected chi connectivity index (χ0v) is 7.34. The Morgan fingerprint density at radius 2 is 1.08 bits per heavy atom.